The van der Waals surface area contributed by atoms with Gasteiger partial charge in [0.1, 0.15) is 23.2 Å². The normalized spacial score (nSPS) is 35.6. The van der Waals surface area contributed by atoms with Crippen LogP contribution < -0.4 is 0 Å². The molecule has 206 valence electrons. The Bertz CT molecular complexity index is 931. The quantitative estimate of drug-likeness (QED) is 0.393. The lowest BCUT2D eigenvalue weighted by atomic mass is 9.73. The summed E-state index contributed by atoms with van der Waals surface area (Å²) in [6, 6.07) is -1.49. The molecule has 4 aliphatic heterocycles. The Balaban J connectivity index is 1.89. The van der Waals surface area contributed by atoms with Gasteiger partial charge in [0.15, 0.2) is 0 Å². The van der Waals surface area contributed by atoms with Crippen molar-refractivity contribution < 1.29 is 29.0 Å². The second kappa shape index (κ2) is 11.3. The molecule has 0 aromatic rings. The average molecular weight is 517 g/mol. The smallest absolute Gasteiger partial charge is 0.313 e. The van der Waals surface area contributed by atoms with Crippen LogP contribution in [0.25, 0.3) is 0 Å². The van der Waals surface area contributed by atoms with Gasteiger partial charge in [-0.3, -0.25) is 14.4 Å². The Kier molecular flexibility index (Phi) is 8.48. The van der Waals surface area contributed by atoms with Gasteiger partial charge in [0.2, 0.25) is 11.8 Å². The number of fused-ring (bicyclic) bond motifs is 2. The van der Waals surface area contributed by atoms with Crippen LogP contribution in [0.1, 0.15) is 72.6 Å². The minimum atomic E-state index is -1.31. The zero-order chi connectivity index (χ0) is 26.8. The van der Waals surface area contributed by atoms with Gasteiger partial charge >= 0.3 is 5.97 Å². The van der Waals surface area contributed by atoms with Crippen molar-refractivity contribution in [1.82, 2.24) is 9.80 Å². The average Bonchev–Trinajstić information content (AvgIpc) is 3.24. The number of unbranched alkanes of at least 4 members (excludes halogenated alkanes) is 1. The van der Waals surface area contributed by atoms with Crippen molar-refractivity contribution in [2.75, 3.05) is 26.3 Å². The SMILES string of the molecule is CCCCN1CC=C[C@]23O[C@]4(CC)/C=C\CCCCOC(=O)[C@@H]4[C@H]2C(=O)N([C@@H](CO)CC(C)C)C3C1=O. The number of nitrogens with zero attached hydrogens (tertiary/aromatic N) is 2. The molecule has 0 saturated carbocycles. The first-order chi connectivity index (χ1) is 17.8. The lowest BCUT2D eigenvalue weighted by Crippen LogP contribution is -2.59. The highest BCUT2D eigenvalue weighted by Crippen LogP contribution is 2.58. The number of esters is 1. The molecule has 37 heavy (non-hydrogen) atoms. The van der Waals surface area contributed by atoms with Crippen molar-refractivity contribution in [2.24, 2.45) is 17.8 Å². The molecule has 1 N–H and O–H groups in total. The Morgan fingerprint density at radius 1 is 1.08 bits per heavy atom. The summed E-state index contributed by atoms with van der Waals surface area (Å²) >= 11 is 0. The van der Waals surface area contributed by atoms with Crippen molar-refractivity contribution in [3.05, 3.63) is 24.3 Å². The minimum absolute atomic E-state index is 0.177. The number of allylic oxidation sites excluding steroid dienone is 1. The van der Waals surface area contributed by atoms with E-state index in [4.69, 9.17) is 9.47 Å². The zero-order valence-electron chi connectivity index (χ0n) is 22.9. The number of likely N-dealkylation sites (tertiary alicyclic amines) is 1. The van der Waals surface area contributed by atoms with Crippen molar-refractivity contribution in [2.45, 2.75) is 95.9 Å². The number of ether oxygens (including phenoxy) is 2. The minimum Gasteiger partial charge on any atom is -0.465 e. The number of aliphatic hydroxyl groups is 1. The number of hydrogen-bond acceptors (Lipinski definition) is 6. The van der Waals surface area contributed by atoms with Gasteiger partial charge in [0.05, 0.1) is 25.2 Å². The molecule has 2 amide bonds. The summed E-state index contributed by atoms with van der Waals surface area (Å²) in [4.78, 5) is 45.7. The number of cyclic esters (lactones) is 1. The van der Waals surface area contributed by atoms with Crippen LogP contribution in [-0.4, -0.2) is 82.3 Å². The largest absolute Gasteiger partial charge is 0.465 e. The standard InChI is InChI=1S/C29H44N2O6/c1-5-7-15-30-16-12-14-29-22(25(33)31(24(29)26(30)34)21(19-32)18-20(3)4)23-27(35)36-17-11-9-8-10-13-28(23,6-2)37-29/h10,12-14,20-24,32H,5-9,11,15-19H2,1-4H3/b13-10-/t21-,22+,23+,24?,28-,29+/m1/s1. The van der Waals surface area contributed by atoms with E-state index in [1.807, 2.05) is 39.0 Å². The summed E-state index contributed by atoms with van der Waals surface area (Å²) in [5.41, 5.74) is -2.35. The summed E-state index contributed by atoms with van der Waals surface area (Å²) in [5.74, 6) is -2.49. The molecule has 2 fully saturated rings. The second-order valence-electron chi connectivity index (χ2n) is 11.4. The van der Waals surface area contributed by atoms with E-state index in [2.05, 4.69) is 13.0 Å². The number of rotatable bonds is 8. The topological polar surface area (TPSA) is 96.4 Å². The fourth-order valence-corrected chi connectivity index (χ4v) is 6.79. The summed E-state index contributed by atoms with van der Waals surface area (Å²) in [6.07, 6.45) is 13.1. The van der Waals surface area contributed by atoms with Crippen LogP contribution in [0, 0.1) is 17.8 Å². The van der Waals surface area contributed by atoms with Crippen LogP contribution >= 0.6 is 0 Å². The van der Waals surface area contributed by atoms with E-state index in [-0.39, 0.29) is 24.3 Å². The molecule has 1 unspecified atom stereocenters. The molecule has 4 rings (SSSR count). The van der Waals surface area contributed by atoms with Crippen molar-refractivity contribution in [1.29, 1.82) is 0 Å². The third kappa shape index (κ3) is 4.76. The monoisotopic (exact) mass is 516 g/mol. The van der Waals surface area contributed by atoms with Crippen molar-refractivity contribution >= 4 is 17.8 Å². The molecule has 4 heterocycles. The summed E-state index contributed by atoms with van der Waals surface area (Å²) in [5, 5.41) is 10.4. The fraction of sp³-hybridized carbons (Fsp3) is 0.759. The maximum atomic E-state index is 14.4. The van der Waals surface area contributed by atoms with Crippen LogP contribution in [0.3, 0.4) is 0 Å². The third-order valence-corrected chi connectivity index (χ3v) is 8.53. The number of hydrogen-bond donors (Lipinski definition) is 1. The number of carbonyl (C=O) groups is 3. The summed E-state index contributed by atoms with van der Waals surface area (Å²) < 4.78 is 12.7. The molecule has 8 heteroatoms. The highest BCUT2D eigenvalue weighted by atomic mass is 16.6. The maximum absolute atomic E-state index is 14.4. The molecular weight excluding hydrogens is 472 g/mol. The lowest BCUT2D eigenvalue weighted by Gasteiger charge is -2.41. The Morgan fingerprint density at radius 2 is 1.86 bits per heavy atom. The van der Waals surface area contributed by atoms with E-state index in [1.165, 1.54) is 0 Å². The van der Waals surface area contributed by atoms with Gasteiger partial charge in [-0.2, -0.15) is 0 Å². The van der Waals surface area contributed by atoms with E-state index < -0.39 is 41.1 Å². The van der Waals surface area contributed by atoms with E-state index >= 15 is 0 Å². The van der Waals surface area contributed by atoms with Gasteiger partial charge in [0, 0.05) is 13.1 Å². The zero-order valence-corrected chi connectivity index (χ0v) is 22.9. The van der Waals surface area contributed by atoms with Gasteiger partial charge < -0.3 is 24.4 Å². The van der Waals surface area contributed by atoms with E-state index in [1.54, 1.807) is 9.80 Å². The predicted octanol–water partition coefficient (Wildman–Crippen LogP) is 3.24. The molecule has 4 aliphatic rings. The number of amides is 2. The fourth-order valence-electron chi connectivity index (χ4n) is 6.79. The Hall–Kier alpha value is -2.19. The summed E-state index contributed by atoms with van der Waals surface area (Å²) in [6.45, 7) is 9.14. The van der Waals surface area contributed by atoms with Crippen LogP contribution in [0.5, 0.6) is 0 Å². The number of carbonyl (C=O) groups excluding carboxylic acids is 3. The molecule has 0 radical (unpaired) electrons. The van der Waals surface area contributed by atoms with Gasteiger partial charge in [-0.05, 0) is 44.4 Å². The van der Waals surface area contributed by atoms with Crippen LogP contribution in [0.15, 0.2) is 24.3 Å². The van der Waals surface area contributed by atoms with Crippen LogP contribution in [-0.2, 0) is 23.9 Å². The van der Waals surface area contributed by atoms with E-state index in [9.17, 15) is 19.5 Å². The second-order valence-corrected chi connectivity index (χ2v) is 11.4. The van der Waals surface area contributed by atoms with Gasteiger partial charge in [-0.1, -0.05) is 58.4 Å². The summed E-state index contributed by atoms with van der Waals surface area (Å²) in [7, 11) is 0. The molecule has 0 aromatic carbocycles. The number of aliphatic hydroxyl groups excluding tert-OH is 1. The predicted molar refractivity (Wildman–Crippen MR) is 139 cm³/mol. The van der Waals surface area contributed by atoms with Crippen molar-refractivity contribution in [3.8, 4) is 0 Å². The van der Waals surface area contributed by atoms with E-state index in [0.29, 0.717) is 32.5 Å². The van der Waals surface area contributed by atoms with Crippen LogP contribution in [0.4, 0.5) is 0 Å². The first kappa shape index (κ1) is 27.8. The molecular formula is C29H44N2O6. The Morgan fingerprint density at radius 3 is 2.54 bits per heavy atom. The van der Waals surface area contributed by atoms with Gasteiger partial charge in [0.25, 0.3) is 0 Å². The van der Waals surface area contributed by atoms with Gasteiger partial charge in [-0.15, -0.1) is 0 Å². The molecule has 0 aliphatic carbocycles. The molecule has 0 bridgehead atoms. The van der Waals surface area contributed by atoms with E-state index in [0.717, 1.165) is 32.1 Å². The lowest BCUT2D eigenvalue weighted by molar-refractivity contribution is -0.163. The highest BCUT2D eigenvalue weighted by molar-refractivity contribution is 5.99. The molecule has 6 atom stereocenters. The molecule has 2 saturated heterocycles. The third-order valence-electron chi connectivity index (χ3n) is 8.53. The maximum Gasteiger partial charge on any atom is 0.313 e. The van der Waals surface area contributed by atoms with Gasteiger partial charge in [-0.25, -0.2) is 0 Å². The molecule has 1 spiro atoms. The first-order valence-electron chi connectivity index (χ1n) is 14.2. The molecule has 8 nitrogen and oxygen atoms in total. The first-order valence-corrected chi connectivity index (χ1v) is 14.2. The van der Waals surface area contributed by atoms with Crippen molar-refractivity contribution in [3.63, 3.8) is 0 Å². The Labute approximate surface area is 221 Å². The molecule has 0 aromatic heterocycles. The van der Waals surface area contributed by atoms with Crippen LogP contribution in [0.2, 0.25) is 0 Å². The highest BCUT2D eigenvalue weighted by Gasteiger charge is 2.75.